The van der Waals surface area contributed by atoms with E-state index in [9.17, 15) is 0 Å². The van der Waals surface area contributed by atoms with Crippen molar-refractivity contribution in [1.82, 2.24) is 0 Å². The van der Waals surface area contributed by atoms with E-state index in [4.69, 9.17) is 6.42 Å². The van der Waals surface area contributed by atoms with Gasteiger partial charge < -0.3 is 0 Å². The van der Waals surface area contributed by atoms with Crippen molar-refractivity contribution in [2.45, 2.75) is 6.92 Å². The van der Waals surface area contributed by atoms with E-state index in [2.05, 4.69) is 31.0 Å². The summed E-state index contributed by atoms with van der Waals surface area (Å²) in [6, 6.07) is 12.3. The SMILES string of the molecule is C#Cc1ccc(C)c2ccccc12. The van der Waals surface area contributed by atoms with Crippen molar-refractivity contribution in [3.05, 3.63) is 47.5 Å². The Labute approximate surface area is 78.2 Å². The van der Waals surface area contributed by atoms with E-state index in [0.717, 1.165) is 5.56 Å². The van der Waals surface area contributed by atoms with Crippen LogP contribution in [0.15, 0.2) is 36.4 Å². The standard InChI is InChI=1S/C13H10/c1-3-11-9-8-10(2)12-6-4-5-7-13(11)12/h1,4-9H,2H3. The number of benzene rings is 2. The fraction of sp³-hybridized carbons (Fsp3) is 0.0769. The molecule has 0 saturated heterocycles. The lowest BCUT2D eigenvalue weighted by atomic mass is 10.0. The maximum absolute atomic E-state index is 5.42. The maximum Gasteiger partial charge on any atom is 0.0321 e. The average molecular weight is 166 g/mol. The Morgan fingerprint density at radius 3 is 2.38 bits per heavy atom. The molecule has 0 aromatic heterocycles. The molecule has 0 amide bonds. The Morgan fingerprint density at radius 2 is 1.69 bits per heavy atom. The van der Waals surface area contributed by atoms with Gasteiger partial charge in [-0.3, -0.25) is 0 Å². The van der Waals surface area contributed by atoms with Crippen molar-refractivity contribution in [3.63, 3.8) is 0 Å². The molecule has 13 heavy (non-hydrogen) atoms. The third kappa shape index (κ3) is 1.19. The van der Waals surface area contributed by atoms with E-state index >= 15 is 0 Å². The Kier molecular flexibility index (Phi) is 1.79. The normalized spacial score (nSPS) is 9.85. The monoisotopic (exact) mass is 166 g/mol. The van der Waals surface area contributed by atoms with Gasteiger partial charge in [-0.1, -0.05) is 36.3 Å². The van der Waals surface area contributed by atoms with Crippen LogP contribution in [0.25, 0.3) is 10.8 Å². The molecule has 2 aromatic rings. The van der Waals surface area contributed by atoms with Gasteiger partial charge in [0.25, 0.3) is 0 Å². The number of hydrogen-bond acceptors (Lipinski definition) is 0. The molecule has 0 radical (unpaired) electrons. The van der Waals surface area contributed by atoms with Crippen LogP contribution < -0.4 is 0 Å². The van der Waals surface area contributed by atoms with E-state index < -0.39 is 0 Å². The zero-order valence-corrected chi connectivity index (χ0v) is 7.54. The van der Waals surface area contributed by atoms with Crippen LogP contribution in [0, 0.1) is 19.3 Å². The second-order valence-electron chi connectivity index (χ2n) is 3.12. The van der Waals surface area contributed by atoms with Crippen molar-refractivity contribution in [1.29, 1.82) is 0 Å². The average Bonchev–Trinajstić information content (AvgIpc) is 2.19. The van der Waals surface area contributed by atoms with Gasteiger partial charge in [-0.25, -0.2) is 0 Å². The van der Waals surface area contributed by atoms with E-state index in [-0.39, 0.29) is 0 Å². The Balaban J connectivity index is 2.95. The molecule has 0 aliphatic heterocycles. The topological polar surface area (TPSA) is 0 Å². The molecule has 0 heteroatoms. The summed E-state index contributed by atoms with van der Waals surface area (Å²) in [6.07, 6.45) is 5.42. The lowest BCUT2D eigenvalue weighted by Crippen LogP contribution is -1.82. The van der Waals surface area contributed by atoms with E-state index in [1.165, 1.54) is 16.3 Å². The summed E-state index contributed by atoms with van der Waals surface area (Å²) >= 11 is 0. The summed E-state index contributed by atoms with van der Waals surface area (Å²) in [7, 11) is 0. The molecule has 0 heterocycles. The zero-order valence-electron chi connectivity index (χ0n) is 7.54. The minimum absolute atomic E-state index is 0.973. The van der Waals surface area contributed by atoms with Crippen LogP contribution in [0.1, 0.15) is 11.1 Å². The van der Waals surface area contributed by atoms with Gasteiger partial charge in [0, 0.05) is 5.56 Å². The highest BCUT2D eigenvalue weighted by Gasteiger charge is 1.99. The van der Waals surface area contributed by atoms with E-state index in [1.54, 1.807) is 0 Å². The summed E-state index contributed by atoms with van der Waals surface area (Å²) in [4.78, 5) is 0. The maximum atomic E-state index is 5.42. The van der Waals surface area contributed by atoms with Crippen LogP contribution in [0.2, 0.25) is 0 Å². The van der Waals surface area contributed by atoms with Gasteiger partial charge in [0.05, 0.1) is 0 Å². The Morgan fingerprint density at radius 1 is 1.00 bits per heavy atom. The zero-order chi connectivity index (χ0) is 9.26. The number of aryl methyl sites for hydroxylation is 1. The number of rotatable bonds is 0. The predicted molar refractivity (Wildman–Crippen MR) is 56.6 cm³/mol. The summed E-state index contributed by atoms with van der Waals surface area (Å²) < 4.78 is 0. The molecule has 0 unspecified atom stereocenters. The van der Waals surface area contributed by atoms with E-state index in [0.29, 0.717) is 0 Å². The summed E-state index contributed by atoms with van der Waals surface area (Å²) in [5.74, 6) is 2.70. The third-order valence-corrected chi connectivity index (χ3v) is 2.30. The number of fused-ring (bicyclic) bond motifs is 1. The first-order valence-electron chi connectivity index (χ1n) is 4.28. The largest absolute Gasteiger partial charge is 0.115 e. The molecule has 0 N–H and O–H groups in total. The molecular weight excluding hydrogens is 156 g/mol. The Hall–Kier alpha value is -1.74. The van der Waals surface area contributed by atoms with E-state index in [1.807, 2.05) is 18.2 Å². The van der Waals surface area contributed by atoms with Crippen LogP contribution in [-0.2, 0) is 0 Å². The van der Waals surface area contributed by atoms with Gasteiger partial charge in [-0.15, -0.1) is 6.42 Å². The van der Waals surface area contributed by atoms with Gasteiger partial charge in [-0.05, 0) is 29.3 Å². The Bertz CT molecular complexity index is 487. The highest BCUT2D eigenvalue weighted by molar-refractivity contribution is 5.90. The fourth-order valence-corrected chi connectivity index (χ4v) is 1.58. The molecular formula is C13H10. The van der Waals surface area contributed by atoms with Crippen LogP contribution in [0.5, 0.6) is 0 Å². The number of terminal acetylenes is 1. The smallest absolute Gasteiger partial charge is 0.0321 e. The number of hydrogen-bond donors (Lipinski definition) is 0. The van der Waals surface area contributed by atoms with Gasteiger partial charge in [0.1, 0.15) is 0 Å². The first-order chi connectivity index (χ1) is 6.33. The molecule has 0 atom stereocenters. The molecule has 0 aliphatic rings. The summed E-state index contributed by atoms with van der Waals surface area (Å²) in [5.41, 5.74) is 2.25. The second-order valence-corrected chi connectivity index (χ2v) is 3.12. The van der Waals surface area contributed by atoms with Crippen molar-refractivity contribution < 1.29 is 0 Å². The molecule has 2 aromatic carbocycles. The minimum atomic E-state index is 0.973. The lowest BCUT2D eigenvalue weighted by Gasteiger charge is -2.03. The van der Waals surface area contributed by atoms with Gasteiger partial charge in [0.2, 0.25) is 0 Å². The summed E-state index contributed by atoms with van der Waals surface area (Å²) in [6.45, 7) is 2.10. The second kappa shape index (κ2) is 2.95. The van der Waals surface area contributed by atoms with Crippen molar-refractivity contribution in [2.75, 3.05) is 0 Å². The van der Waals surface area contributed by atoms with Crippen molar-refractivity contribution >= 4 is 10.8 Å². The quantitative estimate of drug-likeness (QED) is 0.527. The van der Waals surface area contributed by atoms with Crippen molar-refractivity contribution in [3.8, 4) is 12.3 Å². The summed E-state index contributed by atoms with van der Waals surface area (Å²) in [5, 5.41) is 2.42. The highest BCUT2D eigenvalue weighted by atomic mass is 14.0. The molecule has 0 nitrogen and oxygen atoms in total. The molecule has 0 spiro atoms. The molecule has 2 rings (SSSR count). The minimum Gasteiger partial charge on any atom is -0.115 e. The first-order valence-corrected chi connectivity index (χ1v) is 4.28. The first kappa shape index (κ1) is 7.89. The fourth-order valence-electron chi connectivity index (χ4n) is 1.58. The molecule has 0 saturated carbocycles. The highest BCUT2D eigenvalue weighted by Crippen LogP contribution is 2.21. The molecule has 62 valence electrons. The predicted octanol–water partition coefficient (Wildman–Crippen LogP) is 3.13. The van der Waals surface area contributed by atoms with Crippen LogP contribution in [-0.4, -0.2) is 0 Å². The van der Waals surface area contributed by atoms with Crippen LogP contribution >= 0.6 is 0 Å². The molecule has 0 fully saturated rings. The molecule has 0 bridgehead atoms. The van der Waals surface area contributed by atoms with Gasteiger partial charge >= 0.3 is 0 Å². The van der Waals surface area contributed by atoms with Crippen LogP contribution in [0.3, 0.4) is 0 Å². The molecule has 0 aliphatic carbocycles. The van der Waals surface area contributed by atoms with Gasteiger partial charge in [-0.2, -0.15) is 0 Å². The van der Waals surface area contributed by atoms with Crippen LogP contribution in [0.4, 0.5) is 0 Å². The van der Waals surface area contributed by atoms with Gasteiger partial charge in [0.15, 0.2) is 0 Å². The third-order valence-electron chi connectivity index (χ3n) is 2.30. The lowest BCUT2D eigenvalue weighted by molar-refractivity contribution is 1.52. The van der Waals surface area contributed by atoms with Crippen molar-refractivity contribution in [2.24, 2.45) is 0 Å².